The molecule has 2 rings (SSSR count). The third-order valence-corrected chi connectivity index (χ3v) is 3.11. The Morgan fingerprint density at radius 1 is 1.40 bits per heavy atom. The minimum Gasteiger partial charge on any atom is -0.507 e. The third-order valence-electron chi connectivity index (χ3n) is 2.28. The maximum absolute atomic E-state index is 10.4. The van der Waals surface area contributed by atoms with Crippen LogP contribution >= 0.6 is 11.8 Å². The molecule has 0 unspecified atom stereocenters. The van der Waals surface area contributed by atoms with Gasteiger partial charge in [-0.25, -0.2) is 4.98 Å². The van der Waals surface area contributed by atoms with E-state index in [1.54, 1.807) is 25.1 Å². The summed E-state index contributed by atoms with van der Waals surface area (Å²) >= 11 is 1.02. The van der Waals surface area contributed by atoms with Crippen molar-refractivity contribution in [2.75, 3.05) is 5.75 Å². The Morgan fingerprint density at radius 2 is 2.10 bits per heavy atom. The van der Waals surface area contributed by atoms with E-state index in [-0.39, 0.29) is 11.5 Å². The van der Waals surface area contributed by atoms with E-state index in [1.165, 1.54) is 0 Å². The molecule has 1 heterocycles. The van der Waals surface area contributed by atoms with Gasteiger partial charge in [0.15, 0.2) is 5.82 Å². The van der Waals surface area contributed by atoms with E-state index in [1.807, 2.05) is 13.8 Å². The van der Waals surface area contributed by atoms with Crippen LogP contribution in [0, 0.1) is 6.92 Å². The van der Waals surface area contributed by atoms with Crippen LogP contribution in [0.4, 0.5) is 0 Å². The number of hydrogen-bond acceptors (Lipinski definition) is 5. The Kier molecular flexibility index (Phi) is 6.05. The molecule has 0 fully saturated rings. The van der Waals surface area contributed by atoms with E-state index >= 15 is 0 Å². The fourth-order valence-corrected chi connectivity index (χ4v) is 1.93. The number of benzene rings is 1. The van der Waals surface area contributed by atoms with Crippen molar-refractivity contribution in [3.8, 4) is 17.1 Å². The first-order valence-corrected chi connectivity index (χ1v) is 7.12. The van der Waals surface area contributed by atoms with Crippen LogP contribution in [0.1, 0.15) is 19.4 Å². The van der Waals surface area contributed by atoms with E-state index < -0.39 is 5.97 Å². The molecule has 0 atom stereocenters. The largest absolute Gasteiger partial charge is 0.507 e. The lowest BCUT2D eigenvalue weighted by Gasteiger charge is -2.02. The van der Waals surface area contributed by atoms with Crippen LogP contribution in [0.3, 0.4) is 0 Å². The average Bonchev–Trinajstić information content (AvgIpc) is 2.90. The zero-order valence-corrected chi connectivity index (χ0v) is 12.4. The fraction of sp³-hybridized carbons (Fsp3) is 0.308. The number of nitrogens with one attached hydrogen (secondary N) is 1. The molecular weight excluding hydrogens is 278 g/mol. The highest BCUT2D eigenvalue weighted by Gasteiger charge is 2.12. The van der Waals surface area contributed by atoms with Gasteiger partial charge >= 0.3 is 5.97 Å². The van der Waals surface area contributed by atoms with Gasteiger partial charge in [-0.2, -0.15) is 0 Å². The van der Waals surface area contributed by atoms with Crippen molar-refractivity contribution < 1.29 is 15.0 Å². The smallest absolute Gasteiger partial charge is 0.313 e. The Labute approximate surface area is 121 Å². The molecule has 1 aromatic heterocycles. The number of phenols is 1. The number of carboxylic acid groups (broad SMARTS) is 1. The summed E-state index contributed by atoms with van der Waals surface area (Å²) in [5, 5.41) is 25.3. The summed E-state index contributed by atoms with van der Waals surface area (Å²) < 4.78 is 0. The number of aromatic hydroxyl groups is 1. The van der Waals surface area contributed by atoms with Crippen molar-refractivity contribution in [2.24, 2.45) is 0 Å². The lowest BCUT2D eigenvalue weighted by atomic mass is 10.1. The number of aromatic amines is 1. The molecule has 1 aromatic carbocycles. The maximum Gasteiger partial charge on any atom is 0.313 e. The van der Waals surface area contributed by atoms with Crippen LogP contribution in [0.15, 0.2) is 23.4 Å². The lowest BCUT2D eigenvalue weighted by molar-refractivity contribution is -0.133. The van der Waals surface area contributed by atoms with E-state index in [0.717, 1.165) is 17.3 Å². The monoisotopic (exact) mass is 295 g/mol. The van der Waals surface area contributed by atoms with Crippen LogP contribution < -0.4 is 0 Å². The number of rotatable bonds is 4. The molecule has 108 valence electrons. The molecule has 0 aliphatic rings. The molecule has 0 aliphatic carbocycles. The number of H-pyrrole nitrogens is 1. The summed E-state index contributed by atoms with van der Waals surface area (Å²) in [5.41, 5.74) is 1.29. The Bertz CT molecular complexity index is 584. The van der Waals surface area contributed by atoms with Crippen LogP contribution in [-0.2, 0) is 4.79 Å². The quantitative estimate of drug-likeness (QED) is 0.750. The second-order valence-electron chi connectivity index (χ2n) is 3.62. The summed E-state index contributed by atoms with van der Waals surface area (Å²) in [7, 11) is 0. The van der Waals surface area contributed by atoms with Gasteiger partial charge in [0.05, 0.1) is 11.3 Å². The van der Waals surface area contributed by atoms with Crippen LogP contribution in [0.25, 0.3) is 11.4 Å². The minimum atomic E-state index is -0.926. The van der Waals surface area contributed by atoms with Crippen molar-refractivity contribution in [1.82, 2.24) is 15.2 Å². The van der Waals surface area contributed by atoms with E-state index in [4.69, 9.17) is 5.11 Å². The lowest BCUT2D eigenvalue weighted by Crippen LogP contribution is -1.97. The second-order valence-corrected chi connectivity index (χ2v) is 4.56. The van der Waals surface area contributed by atoms with Gasteiger partial charge in [0.1, 0.15) is 5.75 Å². The minimum absolute atomic E-state index is 0.100. The van der Waals surface area contributed by atoms with Crippen LogP contribution in [0.5, 0.6) is 5.75 Å². The first-order valence-electron chi connectivity index (χ1n) is 6.14. The summed E-state index contributed by atoms with van der Waals surface area (Å²) in [5.74, 6) is -0.464. The van der Waals surface area contributed by atoms with Crippen LogP contribution in [-0.4, -0.2) is 37.1 Å². The molecule has 3 N–H and O–H groups in total. The van der Waals surface area contributed by atoms with Gasteiger partial charge in [-0.05, 0) is 18.6 Å². The predicted octanol–water partition coefficient (Wildman–Crippen LogP) is 2.69. The summed E-state index contributed by atoms with van der Waals surface area (Å²) in [4.78, 5) is 14.5. The summed E-state index contributed by atoms with van der Waals surface area (Å²) in [6.07, 6.45) is 0. The molecule has 0 saturated carbocycles. The molecule has 6 nitrogen and oxygen atoms in total. The number of para-hydroxylation sites is 1. The highest BCUT2D eigenvalue weighted by Crippen LogP contribution is 2.30. The van der Waals surface area contributed by atoms with Crippen LogP contribution in [0.2, 0.25) is 0 Å². The molecule has 0 aliphatic heterocycles. The number of carboxylic acids is 1. The summed E-state index contributed by atoms with van der Waals surface area (Å²) in [6.45, 7) is 5.79. The van der Waals surface area contributed by atoms with Gasteiger partial charge in [0, 0.05) is 0 Å². The molecular formula is C13H17N3O3S. The molecule has 2 aromatic rings. The molecule has 0 saturated heterocycles. The first-order chi connectivity index (χ1) is 9.58. The maximum atomic E-state index is 10.4. The normalized spacial score (nSPS) is 9.75. The zero-order valence-electron chi connectivity index (χ0n) is 11.5. The van der Waals surface area contributed by atoms with Gasteiger partial charge in [0.25, 0.3) is 0 Å². The molecule has 7 heteroatoms. The van der Waals surface area contributed by atoms with E-state index in [0.29, 0.717) is 16.5 Å². The number of carbonyl (C=O) groups is 1. The van der Waals surface area contributed by atoms with Crippen molar-refractivity contribution in [3.05, 3.63) is 23.8 Å². The molecule has 0 radical (unpaired) electrons. The number of hydrogen-bond donors (Lipinski definition) is 3. The van der Waals surface area contributed by atoms with Crippen molar-refractivity contribution in [2.45, 2.75) is 25.9 Å². The van der Waals surface area contributed by atoms with E-state index in [9.17, 15) is 9.90 Å². The molecule has 0 spiro atoms. The number of aryl methyl sites for hydroxylation is 1. The van der Waals surface area contributed by atoms with Crippen molar-refractivity contribution in [1.29, 1.82) is 0 Å². The Hall–Kier alpha value is -2.02. The number of aliphatic carboxylic acids is 1. The topological polar surface area (TPSA) is 99.1 Å². The third kappa shape index (κ3) is 3.99. The average molecular weight is 295 g/mol. The zero-order chi connectivity index (χ0) is 15.1. The molecule has 0 bridgehead atoms. The standard InChI is InChI=1S/C11H11N3O3S.C2H6/c1-6-3-2-4-7(9(6)17)10-12-11(14-13-10)18-5-8(15)16;1-2/h2-4,17H,5H2,1H3,(H,15,16)(H,12,13,14);1-2H3. The van der Waals surface area contributed by atoms with Gasteiger partial charge in [-0.1, -0.05) is 37.7 Å². The van der Waals surface area contributed by atoms with Gasteiger partial charge in [-0.15, -0.1) is 5.10 Å². The number of aromatic nitrogens is 3. The fourth-order valence-electron chi connectivity index (χ4n) is 1.41. The van der Waals surface area contributed by atoms with Crippen molar-refractivity contribution in [3.63, 3.8) is 0 Å². The van der Waals surface area contributed by atoms with Gasteiger partial charge < -0.3 is 10.2 Å². The number of thioether (sulfide) groups is 1. The number of phenolic OH excluding ortho intramolecular Hbond substituents is 1. The molecule has 0 amide bonds. The number of nitrogens with zero attached hydrogens (tertiary/aromatic N) is 2. The van der Waals surface area contributed by atoms with Gasteiger partial charge in [0.2, 0.25) is 5.16 Å². The highest BCUT2D eigenvalue weighted by atomic mass is 32.2. The van der Waals surface area contributed by atoms with Crippen molar-refractivity contribution >= 4 is 17.7 Å². The predicted molar refractivity (Wildman–Crippen MR) is 77.9 cm³/mol. The van der Waals surface area contributed by atoms with E-state index in [2.05, 4.69) is 15.2 Å². The molecule has 20 heavy (non-hydrogen) atoms. The first kappa shape index (κ1) is 16.0. The Morgan fingerprint density at radius 3 is 2.75 bits per heavy atom. The van der Waals surface area contributed by atoms with Gasteiger partial charge in [-0.3, -0.25) is 9.89 Å². The SMILES string of the molecule is CC.Cc1cccc(-c2nc(SCC(=O)O)n[nH]2)c1O. The second kappa shape index (κ2) is 7.54. The summed E-state index contributed by atoms with van der Waals surface area (Å²) in [6, 6.07) is 5.31. The highest BCUT2D eigenvalue weighted by molar-refractivity contribution is 7.99. The Balaban J connectivity index is 0.000000956.